The van der Waals surface area contributed by atoms with Gasteiger partial charge in [-0.1, -0.05) is 0 Å². The molecule has 1 saturated heterocycles. The number of carbonyl (C=O) groups is 2. The van der Waals surface area contributed by atoms with Gasteiger partial charge in [-0.05, 0) is 26.8 Å². The molecule has 0 saturated carbocycles. The van der Waals surface area contributed by atoms with Gasteiger partial charge in [-0.3, -0.25) is 14.9 Å². The van der Waals surface area contributed by atoms with E-state index in [1.807, 2.05) is 10.3 Å². The lowest BCUT2D eigenvalue weighted by atomic mass is 10.1. The van der Waals surface area contributed by atoms with Crippen LogP contribution in [0.4, 0.5) is 5.13 Å². The predicted molar refractivity (Wildman–Crippen MR) is 95.9 cm³/mol. The van der Waals surface area contributed by atoms with Gasteiger partial charge in [-0.25, -0.2) is 4.98 Å². The van der Waals surface area contributed by atoms with Crippen molar-refractivity contribution in [3.05, 3.63) is 34.7 Å². The van der Waals surface area contributed by atoms with Crippen LogP contribution < -0.4 is 10.6 Å². The minimum atomic E-state index is -0.261. The summed E-state index contributed by atoms with van der Waals surface area (Å²) in [6.45, 7) is 7.38. The molecule has 3 heterocycles. The van der Waals surface area contributed by atoms with Gasteiger partial charge < -0.3 is 14.6 Å². The van der Waals surface area contributed by atoms with Crippen LogP contribution in [0, 0.1) is 6.92 Å². The monoisotopic (exact) mass is 362 g/mol. The number of nitrogens with zero attached hydrogens (tertiary/aromatic N) is 2. The average molecular weight is 362 g/mol. The van der Waals surface area contributed by atoms with Crippen molar-refractivity contribution >= 4 is 28.3 Å². The average Bonchev–Trinajstić information content (AvgIpc) is 3.18. The smallest absolute Gasteiger partial charge is 0.260 e. The van der Waals surface area contributed by atoms with E-state index in [-0.39, 0.29) is 30.3 Å². The van der Waals surface area contributed by atoms with Gasteiger partial charge in [0.2, 0.25) is 5.91 Å². The van der Waals surface area contributed by atoms with E-state index >= 15 is 0 Å². The predicted octanol–water partition coefficient (Wildman–Crippen LogP) is 2.05. The zero-order valence-corrected chi connectivity index (χ0v) is 15.4. The summed E-state index contributed by atoms with van der Waals surface area (Å²) in [4.78, 5) is 31.0. The van der Waals surface area contributed by atoms with Crippen LogP contribution in [0.25, 0.3) is 0 Å². The Morgan fingerprint density at radius 1 is 1.48 bits per heavy atom. The van der Waals surface area contributed by atoms with Crippen molar-refractivity contribution in [3.8, 4) is 0 Å². The molecule has 8 heteroatoms. The number of nitrogens with one attached hydrogen (secondary N) is 2. The third-order valence-corrected chi connectivity index (χ3v) is 5.37. The minimum Gasteiger partial charge on any atom is -0.469 e. The number of piperazine rings is 1. The van der Waals surface area contributed by atoms with E-state index in [2.05, 4.69) is 29.5 Å². The Bertz CT molecular complexity index is 770. The maximum Gasteiger partial charge on any atom is 0.260 e. The highest BCUT2D eigenvalue weighted by Crippen LogP contribution is 2.19. The van der Waals surface area contributed by atoms with Crippen molar-refractivity contribution in [1.82, 2.24) is 15.2 Å². The number of carbonyl (C=O) groups excluding carboxylic acids is 2. The summed E-state index contributed by atoms with van der Waals surface area (Å²) in [6, 6.07) is 2.06. The van der Waals surface area contributed by atoms with Gasteiger partial charge in [0.15, 0.2) is 5.13 Å². The van der Waals surface area contributed by atoms with Crippen LogP contribution in [0.2, 0.25) is 0 Å². The molecular formula is C17H22N4O3S. The van der Waals surface area contributed by atoms with Gasteiger partial charge in [0.1, 0.15) is 5.76 Å². The molecule has 2 unspecified atom stereocenters. The zero-order valence-electron chi connectivity index (χ0n) is 14.5. The van der Waals surface area contributed by atoms with E-state index in [9.17, 15) is 9.59 Å². The first kappa shape index (κ1) is 17.6. The van der Waals surface area contributed by atoms with E-state index in [1.165, 1.54) is 17.6 Å². The molecule has 0 spiro atoms. The van der Waals surface area contributed by atoms with E-state index in [1.54, 1.807) is 13.0 Å². The summed E-state index contributed by atoms with van der Waals surface area (Å²) in [5.74, 6) is 0.365. The van der Waals surface area contributed by atoms with Crippen molar-refractivity contribution in [2.75, 3.05) is 18.4 Å². The standard InChI is InChI=1S/C17H22N4O3S/c1-10-11(2)21(6-5-18-10)15(22)8-13-9-25-17(19-13)20-16(23)14-4-7-24-12(14)3/h4,7,9-11,18H,5-6,8H2,1-3H3,(H,19,20,23). The molecule has 2 N–H and O–H groups in total. The first-order chi connectivity index (χ1) is 12.0. The molecule has 1 aliphatic rings. The highest BCUT2D eigenvalue weighted by Gasteiger charge is 2.28. The molecule has 0 aromatic carbocycles. The van der Waals surface area contributed by atoms with E-state index in [0.29, 0.717) is 28.7 Å². The molecule has 0 aliphatic carbocycles. The molecule has 25 heavy (non-hydrogen) atoms. The summed E-state index contributed by atoms with van der Waals surface area (Å²) in [6.07, 6.45) is 1.72. The summed E-state index contributed by atoms with van der Waals surface area (Å²) in [7, 11) is 0. The van der Waals surface area contributed by atoms with E-state index in [4.69, 9.17) is 4.42 Å². The fourth-order valence-electron chi connectivity index (χ4n) is 2.90. The van der Waals surface area contributed by atoms with Crippen molar-refractivity contribution in [2.24, 2.45) is 0 Å². The zero-order chi connectivity index (χ0) is 18.0. The molecule has 1 fully saturated rings. The minimum absolute atomic E-state index is 0.0645. The van der Waals surface area contributed by atoms with Crippen molar-refractivity contribution < 1.29 is 14.0 Å². The Morgan fingerprint density at radius 2 is 2.28 bits per heavy atom. The number of anilines is 1. The van der Waals surface area contributed by atoms with Gasteiger partial charge in [0.05, 0.1) is 23.9 Å². The second-order valence-electron chi connectivity index (χ2n) is 6.24. The number of furan rings is 1. The molecule has 0 radical (unpaired) electrons. The summed E-state index contributed by atoms with van der Waals surface area (Å²) < 4.78 is 5.13. The SMILES string of the molecule is Cc1occc1C(=O)Nc1nc(CC(=O)N2CCNC(C)C2C)cs1. The Balaban J connectivity index is 1.61. The van der Waals surface area contributed by atoms with Crippen LogP contribution in [-0.2, 0) is 11.2 Å². The molecule has 2 aromatic rings. The number of aromatic nitrogens is 1. The van der Waals surface area contributed by atoms with Crippen LogP contribution >= 0.6 is 11.3 Å². The molecule has 134 valence electrons. The van der Waals surface area contributed by atoms with Crippen molar-refractivity contribution in [2.45, 2.75) is 39.3 Å². The van der Waals surface area contributed by atoms with E-state index < -0.39 is 0 Å². The number of amides is 2. The second kappa shape index (κ2) is 7.37. The number of hydrogen-bond acceptors (Lipinski definition) is 6. The molecule has 1 aliphatic heterocycles. The largest absolute Gasteiger partial charge is 0.469 e. The molecule has 2 aromatic heterocycles. The second-order valence-corrected chi connectivity index (χ2v) is 7.09. The van der Waals surface area contributed by atoms with Gasteiger partial charge in [-0.15, -0.1) is 11.3 Å². The van der Waals surface area contributed by atoms with Crippen LogP contribution in [0.3, 0.4) is 0 Å². The Morgan fingerprint density at radius 3 is 3.00 bits per heavy atom. The summed E-state index contributed by atoms with van der Waals surface area (Å²) >= 11 is 1.31. The number of thiazole rings is 1. The quantitative estimate of drug-likeness (QED) is 0.869. The van der Waals surface area contributed by atoms with Gasteiger partial charge in [0, 0.05) is 30.6 Å². The lowest BCUT2D eigenvalue weighted by Crippen LogP contribution is -2.57. The molecule has 0 bridgehead atoms. The molecule has 7 nitrogen and oxygen atoms in total. The summed E-state index contributed by atoms with van der Waals surface area (Å²) in [5.41, 5.74) is 1.16. The Kier molecular flexibility index (Phi) is 5.19. The number of rotatable bonds is 4. The number of aryl methyl sites for hydroxylation is 1. The van der Waals surface area contributed by atoms with Crippen LogP contribution in [0.15, 0.2) is 22.1 Å². The van der Waals surface area contributed by atoms with Crippen LogP contribution in [0.5, 0.6) is 0 Å². The Labute approximate surface area is 150 Å². The molecular weight excluding hydrogens is 340 g/mol. The highest BCUT2D eigenvalue weighted by molar-refractivity contribution is 7.14. The fourth-order valence-corrected chi connectivity index (χ4v) is 3.60. The van der Waals surface area contributed by atoms with Crippen molar-refractivity contribution in [1.29, 1.82) is 0 Å². The van der Waals surface area contributed by atoms with Crippen molar-refractivity contribution in [3.63, 3.8) is 0 Å². The first-order valence-electron chi connectivity index (χ1n) is 8.28. The molecule has 3 rings (SSSR count). The lowest BCUT2D eigenvalue weighted by Gasteiger charge is -2.38. The highest BCUT2D eigenvalue weighted by atomic mass is 32.1. The molecule has 2 amide bonds. The Hall–Kier alpha value is -2.19. The third kappa shape index (κ3) is 3.91. The maximum atomic E-state index is 12.5. The lowest BCUT2D eigenvalue weighted by molar-refractivity contribution is -0.134. The van der Waals surface area contributed by atoms with E-state index in [0.717, 1.165) is 6.54 Å². The normalized spacial score (nSPS) is 20.5. The fraction of sp³-hybridized carbons (Fsp3) is 0.471. The third-order valence-electron chi connectivity index (χ3n) is 4.56. The molecule has 2 atom stereocenters. The van der Waals surface area contributed by atoms with Crippen LogP contribution in [-0.4, -0.2) is 46.9 Å². The topological polar surface area (TPSA) is 87.5 Å². The van der Waals surface area contributed by atoms with Gasteiger partial charge in [-0.2, -0.15) is 0 Å². The number of hydrogen-bond donors (Lipinski definition) is 2. The summed E-state index contributed by atoms with van der Waals surface area (Å²) in [5, 5.41) is 8.40. The van der Waals surface area contributed by atoms with Gasteiger partial charge >= 0.3 is 0 Å². The first-order valence-corrected chi connectivity index (χ1v) is 9.16. The van der Waals surface area contributed by atoms with Gasteiger partial charge in [0.25, 0.3) is 5.91 Å². The van der Waals surface area contributed by atoms with Crippen LogP contribution in [0.1, 0.15) is 35.7 Å². The maximum absolute atomic E-state index is 12.5.